The van der Waals surface area contributed by atoms with Crippen LogP contribution >= 0.6 is 0 Å². The van der Waals surface area contributed by atoms with E-state index in [1.807, 2.05) is 84.9 Å². The van der Waals surface area contributed by atoms with E-state index in [9.17, 15) is 9.59 Å². The van der Waals surface area contributed by atoms with E-state index in [2.05, 4.69) is 10.6 Å². The Morgan fingerprint density at radius 1 is 0.824 bits per heavy atom. The number of carbonyl (C=O) groups is 2. The second-order valence-corrected chi connectivity index (χ2v) is 9.06. The van der Waals surface area contributed by atoms with Gasteiger partial charge in [-0.15, -0.1) is 0 Å². The molecule has 0 heterocycles. The monoisotopic (exact) mass is 460 g/mol. The van der Waals surface area contributed by atoms with E-state index in [0.29, 0.717) is 12.3 Å². The molecule has 0 aromatic heterocycles. The van der Waals surface area contributed by atoms with Crippen LogP contribution in [0.15, 0.2) is 84.9 Å². The van der Waals surface area contributed by atoms with Crippen molar-refractivity contribution in [2.75, 3.05) is 5.32 Å². The lowest BCUT2D eigenvalue weighted by atomic mass is 10.1. The minimum absolute atomic E-state index is 0.313. The first-order valence-electron chi connectivity index (χ1n) is 11.3. The Hall–Kier alpha value is -3.64. The average molecular weight is 461 g/mol. The van der Waals surface area contributed by atoms with Gasteiger partial charge in [-0.3, -0.25) is 4.79 Å². The van der Waals surface area contributed by atoms with Crippen LogP contribution in [-0.2, 0) is 20.9 Å². The van der Waals surface area contributed by atoms with Gasteiger partial charge in [-0.05, 0) is 56.5 Å². The molecule has 3 aromatic carbocycles. The maximum Gasteiger partial charge on any atom is 0.408 e. The quantitative estimate of drug-likeness (QED) is 0.446. The van der Waals surface area contributed by atoms with Gasteiger partial charge in [0.05, 0.1) is 12.7 Å². The zero-order chi connectivity index (χ0) is 24.6. The molecule has 0 saturated carbocycles. The summed E-state index contributed by atoms with van der Waals surface area (Å²) in [5.74, 6) is -0.390. The third-order valence-electron chi connectivity index (χ3n) is 5.04. The highest BCUT2D eigenvalue weighted by molar-refractivity contribution is 5.97. The fourth-order valence-electron chi connectivity index (χ4n) is 3.33. The first kappa shape index (κ1) is 25.0. The van der Waals surface area contributed by atoms with Gasteiger partial charge in [-0.2, -0.15) is 0 Å². The summed E-state index contributed by atoms with van der Waals surface area (Å²) in [5, 5.41) is 5.55. The minimum atomic E-state index is -0.952. The standard InChI is InChI=1S/C28H32N2O4/c1-20(33-19-21-11-7-5-8-12-21)25(30-27(32)34-28(2,3)4)26(31)29-24-17-15-23(16-18-24)22-13-9-6-10-14-22/h5-18,20,25H,19H2,1-4H3,(H,29,31)(H,30,32)/t20-,25-/m0/s1. The van der Waals surface area contributed by atoms with E-state index < -0.39 is 23.8 Å². The predicted molar refractivity (Wildman–Crippen MR) is 134 cm³/mol. The summed E-state index contributed by atoms with van der Waals surface area (Å²) in [6.45, 7) is 7.37. The van der Waals surface area contributed by atoms with Crippen LogP contribution in [0, 0.1) is 0 Å². The third kappa shape index (κ3) is 7.74. The van der Waals surface area contributed by atoms with Crippen molar-refractivity contribution in [1.29, 1.82) is 0 Å². The highest BCUT2D eigenvalue weighted by atomic mass is 16.6. The lowest BCUT2D eigenvalue weighted by Crippen LogP contribution is -2.52. The molecule has 0 aliphatic rings. The van der Waals surface area contributed by atoms with Crippen molar-refractivity contribution in [3.05, 3.63) is 90.5 Å². The molecule has 6 heteroatoms. The number of ether oxygens (including phenoxy) is 2. The summed E-state index contributed by atoms with van der Waals surface area (Å²) in [5.41, 5.74) is 3.04. The number of nitrogens with one attached hydrogen (secondary N) is 2. The number of carbonyl (C=O) groups excluding carboxylic acids is 2. The zero-order valence-electron chi connectivity index (χ0n) is 20.1. The van der Waals surface area contributed by atoms with E-state index in [-0.39, 0.29) is 5.91 Å². The number of hydrogen-bond donors (Lipinski definition) is 2. The van der Waals surface area contributed by atoms with Crippen LogP contribution in [0.2, 0.25) is 0 Å². The van der Waals surface area contributed by atoms with Crippen LogP contribution in [0.3, 0.4) is 0 Å². The molecule has 0 aliphatic carbocycles. The van der Waals surface area contributed by atoms with Crippen molar-refractivity contribution in [2.45, 2.75) is 52.0 Å². The van der Waals surface area contributed by atoms with Crippen molar-refractivity contribution in [1.82, 2.24) is 5.32 Å². The van der Waals surface area contributed by atoms with Crippen molar-refractivity contribution in [3.8, 4) is 11.1 Å². The van der Waals surface area contributed by atoms with Gasteiger partial charge in [0.25, 0.3) is 0 Å². The number of anilines is 1. The number of benzene rings is 3. The maximum atomic E-state index is 13.2. The fraction of sp³-hybridized carbons (Fsp3) is 0.286. The van der Waals surface area contributed by atoms with Crippen molar-refractivity contribution in [3.63, 3.8) is 0 Å². The van der Waals surface area contributed by atoms with Gasteiger partial charge in [0, 0.05) is 5.69 Å². The van der Waals surface area contributed by atoms with Gasteiger partial charge >= 0.3 is 6.09 Å². The molecule has 2 N–H and O–H groups in total. The first-order chi connectivity index (χ1) is 16.2. The van der Waals surface area contributed by atoms with Gasteiger partial charge in [0.1, 0.15) is 11.6 Å². The summed E-state index contributed by atoms with van der Waals surface area (Å²) in [7, 11) is 0. The van der Waals surface area contributed by atoms with Gasteiger partial charge in [0.2, 0.25) is 5.91 Å². The average Bonchev–Trinajstić information content (AvgIpc) is 2.81. The first-order valence-corrected chi connectivity index (χ1v) is 11.3. The second kappa shape index (κ2) is 11.5. The Balaban J connectivity index is 1.70. The molecular weight excluding hydrogens is 428 g/mol. The van der Waals surface area contributed by atoms with Gasteiger partial charge in [-0.1, -0.05) is 72.8 Å². The number of rotatable bonds is 8. The molecule has 0 bridgehead atoms. The van der Waals surface area contributed by atoms with Crippen LogP contribution in [0.4, 0.5) is 10.5 Å². The van der Waals surface area contributed by atoms with Crippen LogP contribution in [0.25, 0.3) is 11.1 Å². The van der Waals surface area contributed by atoms with Crippen molar-refractivity contribution >= 4 is 17.7 Å². The number of alkyl carbamates (subject to hydrolysis) is 1. The third-order valence-corrected chi connectivity index (χ3v) is 5.04. The van der Waals surface area contributed by atoms with Crippen LogP contribution in [0.1, 0.15) is 33.3 Å². The molecule has 6 nitrogen and oxygen atoms in total. The Bertz CT molecular complexity index is 1060. The zero-order valence-corrected chi connectivity index (χ0v) is 20.1. The van der Waals surface area contributed by atoms with E-state index >= 15 is 0 Å². The smallest absolute Gasteiger partial charge is 0.408 e. The minimum Gasteiger partial charge on any atom is -0.444 e. The van der Waals surface area contributed by atoms with E-state index in [4.69, 9.17) is 9.47 Å². The summed E-state index contributed by atoms with van der Waals surface area (Å²) in [4.78, 5) is 25.6. The summed E-state index contributed by atoms with van der Waals surface area (Å²) in [6, 6.07) is 26.2. The van der Waals surface area contributed by atoms with Gasteiger partial charge in [-0.25, -0.2) is 4.79 Å². The molecule has 2 atom stereocenters. The molecule has 3 aromatic rings. The molecule has 34 heavy (non-hydrogen) atoms. The molecule has 0 aliphatic heterocycles. The topological polar surface area (TPSA) is 76.7 Å². The Morgan fingerprint density at radius 3 is 1.97 bits per heavy atom. The molecule has 3 rings (SSSR count). The predicted octanol–water partition coefficient (Wildman–Crippen LogP) is 5.79. The molecule has 0 saturated heterocycles. The molecule has 0 fully saturated rings. The van der Waals surface area contributed by atoms with Crippen molar-refractivity contribution in [2.24, 2.45) is 0 Å². The summed E-state index contributed by atoms with van der Waals surface area (Å²) in [6.07, 6.45) is -1.28. The largest absolute Gasteiger partial charge is 0.444 e. The normalized spacial score (nSPS) is 12.9. The number of amides is 2. The Kier molecular flexibility index (Phi) is 8.44. The van der Waals surface area contributed by atoms with Crippen LogP contribution in [-0.4, -0.2) is 29.7 Å². The lowest BCUT2D eigenvalue weighted by Gasteiger charge is -2.27. The fourth-order valence-corrected chi connectivity index (χ4v) is 3.33. The van der Waals surface area contributed by atoms with Crippen LogP contribution < -0.4 is 10.6 Å². The molecule has 0 unspecified atom stereocenters. The van der Waals surface area contributed by atoms with Crippen LogP contribution in [0.5, 0.6) is 0 Å². The van der Waals surface area contributed by atoms with Crippen molar-refractivity contribution < 1.29 is 19.1 Å². The molecule has 2 amide bonds. The van der Waals surface area contributed by atoms with E-state index in [1.54, 1.807) is 27.7 Å². The Labute approximate surface area is 201 Å². The molecule has 0 spiro atoms. The number of hydrogen-bond acceptors (Lipinski definition) is 4. The van der Waals surface area contributed by atoms with E-state index in [0.717, 1.165) is 16.7 Å². The molecule has 0 radical (unpaired) electrons. The Morgan fingerprint density at radius 2 is 1.38 bits per heavy atom. The molecular formula is C28H32N2O4. The van der Waals surface area contributed by atoms with Gasteiger partial charge < -0.3 is 20.1 Å². The highest BCUT2D eigenvalue weighted by Crippen LogP contribution is 2.21. The summed E-state index contributed by atoms with van der Waals surface area (Å²) < 4.78 is 11.3. The highest BCUT2D eigenvalue weighted by Gasteiger charge is 2.30. The van der Waals surface area contributed by atoms with E-state index in [1.165, 1.54) is 0 Å². The lowest BCUT2D eigenvalue weighted by molar-refractivity contribution is -0.122. The second-order valence-electron chi connectivity index (χ2n) is 9.06. The summed E-state index contributed by atoms with van der Waals surface area (Å²) >= 11 is 0. The SMILES string of the molecule is C[C@H](OCc1ccccc1)[C@H](NC(=O)OC(C)(C)C)C(=O)Nc1ccc(-c2ccccc2)cc1. The van der Waals surface area contributed by atoms with Gasteiger partial charge in [0.15, 0.2) is 0 Å². The molecule has 178 valence electrons. The maximum absolute atomic E-state index is 13.2.